The average molecular weight is 456 g/mol. The van der Waals surface area contributed by atoms with Crippen molar-refractivity contribution >= 4 is 40.3 Å². The van der Waals surface area contributed by atoms with Gasteiger partial charge >= 0.3 is 6.18 Å². The molecule has 0 spiro atoms. The lowest BCUT2D eigenvalue weighted by molar-refractivity contribution is -0.136. The van der Waals surface area contributed by atoms with Gasteiger partial charge in [0, 0.05) is 0 Å². The molecular formula is C23H20F3N5S. The molecule has 4 aromatic rings. The minimum atomic E-state index is -4.47. The second kappa shape index (κ2) is 7.98. The van der Waals surface area contributed by atoms with Gasteiger partial charge in [-0.05, 0) is 73.8 Å². The van der Waals surface area contributed by atoms with Crippen LogP contribution in [0.2, 0.25) is 0 Å². The van der Waals surface area contributed by atoms with Gasteiger partial charge in [-0.15, -0.1) is 0 Å². The van der Waals surface area contributed by atoms with Crippen LogP contribution in [0.5, 0.6) is 0 Å². The molecule has 0 bridgehead atoms. The zero-order valence-electron chi connectivity index (χ0n) is 17.0. The van der Waals surface area contributed by atoms with E-state index in [9.17, 15) is 13.2 Å². The third-order valence-electron chi connectivity index (χ3n) is 5.64. The Bertz CT molecular complexity index is 1380. The van der Waals surface area contributed by atoms with Crippen LogP contribution in [0.1, 0.15) is 36.9 Å². The lowest BCUT2D eigenvalue weighted by atomic mass is 9.96. The maximum atomic E-state index is 13.6. The molecule has 0 unspecified atom stereocenters. The first kappa shape index (κ1) is 20.6. The van der Waals surface area contributed by atoms with Gasteiger partial charge in [0.2, 0.25) is 0 Å². The molecule has 0 radical (unpaired) electrons. The number of hydrogen-bond donors (Lipinski definition) is 3. The number of nitrogens with zero attached hydrogens (tertiary/aromatic N) is 2. The fourth-order valence-electron chi connectivity index (χ4n) is 4.17. The summed E-state index contributed by atoms with van der Waals surface area (Å²) in [5, 5.41) is 2.98. The topological polar surface area (TPSA) is 61.4 Å². The molecule has 0 atom stereocenters. The Balaban J connectivity index is 1.68. The van der Waals surface area contributed by atoms with E-state index in [4.69, 9.17) is 12.2 Å². The molecule has 1 aliphatic rings. The minimum Gasteiger partial charge on any atom is -0.345 e. The summed E-state index contributed by atoms with van der Waals surface area (Å²) in [6.07, 6.45) is 3.15. The normalized spacial score (nSPS) is 14.5. The molecule has 164 valence electrons. The number of aromatic amines is 2. The number of anilines is 2. The molecule has 9 heteroatoms. The molecule has 5 nitrogen and oxygen atoms in total. The molecule has 3 N–H and O–H groups in total. The highest BCUT2D eigenvalue weighted by molar-refractivity contribution is 7.71. The molecule has 0 aliphatic heterocycles. The van der Waals surface area contributed by atoms with Crippen LogP contribution in [0.15, 0.2) is 54.9 Å². The molecular weight excluding hydrogens is 435 g/mol. The summed E-state index contributed by atoms with van der Waals surface area (Å²) in [5.41, 5.74) is 3.55. The number of imidazole rings is 2. The van der Waals surface area contributed by atoms with E-state index in [-0.39, 0.29) is 5.69 Å². The number of para-hydroxylation sites is 1. The number of benzene rings is 2. The number of alkyl halides is 3. The Morgan fingerprint density at radius 1 is 1.09 bits per heavy atom. The Hall–Kier alpha value is -3.33. The monoisotopic (exact) mass is 455 g/mol. The van der Waals surface area contributed by atoms with Gasteiger partial charge in [0.05, 0.1) is 40.0 Å². The Morgan fingerprint density at radius 2 is 1.94 bits per heavy atom. The average Bonchev–Trinajstić information content (AvgIpc) is 3.37. The van der Waals surface area contributed by atoms with E-state index in [0.717, 1.165) is 59.7 Å². The van der Waals surface area contributed by atoms with E-state index in [1.54, 1.807) is 12.4 Å². The van der Waals surface area contributed by atoms with E-state index < -0.39 is 11.7 Å². The Morgan fingerprint density at radius 3 is 2.72 bits per heavy atom. The van der Waals surface area contributed by atoms with E-state index >= 15 is 0 Å². The maximum Gasteiger partial charge on any atom is 0.418 e. The highest BCUT2D eigenvalue weighted by atomic mass is 32.1. The van der Waals surface area contributed by atoms with Gasteiger partial charge in [0.25, 0.3) is 0 Å². The summed E-state index contributed by atoms with van der Waals surface area (Å²) >= 11 is 5.63. The molecule has 0 fully saturated rings. The number of hydrogen-bond acceptors (Lipinski definition) is 3. The van der Waals surface area contributed by atoms with Crippen LogP contribution in [-0.4, -0.2) is 19.5 Å². The van der Waals surface area contributed by atoms with Crippen molar-refractivity contribution in [3.05, 3.63) is 70.9 Å². The second-order valence-corrected chi connectivity index (χ2v) is 8.12. The fourth-order valence-corrected chi connectivity index (χ4v) is 4.46. The lowest BCUT2D eigenvalue weighted by Gasteiger charge is -2.19. The minimum absolute atomic E-state index is 0.0231. The molecule has 32 heavy (non-hydrogen) atoms. The van der Waals surface area contributed by atoms with Crippen molar-refractivity contribution in [2.24, 2.45) is 0 Å². The highest BCUT2D eigenvalue weighted by Gasteiger charge is 2.33. The van der Waals surface area contributed by atoms with Gasteiger partial charge in [-0.25, -0.2) is 4.98 Å². The molecule has 0 saturated heterocycles. The van der Waals surface area contributed by atoms with Crippen molar-refractivity contribution < 1.29 is 13.2 Å². The molecule has 0 amide bonds. The van der Waals surface area contributed by atoms with Crippen molar-refractivity contribution in [1.82, 2.24) is 19.5 Å². The van der Waals surface area contributed by atoms with Crippen LogP contribution in [0.25, 0.3) is 22.3 Å². The van der Waals surface area contributed by atoms with Crippen LogP contribution in [0, 0.1) is 4.77 Å². The predicted molar refractivity (Wildman–Crippen MR) is 122 cm³/mol. The van der Waals surface area contributed by atoms with Gasteiger partial charge in [-0.2, -0.15) is 13.2 Å². The Labute approximate surface area is 187 Å². The highest BCUT2D eigenvalue weighted by Crippen LogP contribution is 2.39. The van der Waals surface area contributed by atoms with Crippen molar-refractivity contribution in [3.63, 3.8) is 0 Å². The third-order valence-corrected chi connectivity index (χ3v) is 5.93. The first-order chi connectivity index (χ1) is 15.4. The fraction of sp³-hybridized carbons (Fsp3) is 0.217. The van der Waals surface area contributed by atoms with E-state index in [1.165, 1.54) is 12.1 Å². The van der Waals surface area contributed by atoms with Crippen molar-refractivity contribution in [3.8, 4) is 5.69 Å². The zero-order chi connectivity index (χ0) is 22.3. The molecule has 5 rings (SSSR count). The number of aromatic nitrogens is 4. The number of rotatable bonds is 4. The summed E-state index contributed by atoms with van der Waals surface area (Å²) < 4.78 is 43.0. The van der Waals surface area contributed by atoms with E-state index in [0.29, 0.717) is 10.6 Å². The molecule has 2 aromatic heterocycles. The van der Waals surface area contributed by atoms with E-state index in [2.05, 4.69) is 26.3 Å². The van der Waals surface area contributed by atoms with Crippen molar-refractivity contribution in [1.29, 1.82) is 0 Å². The third kappa shape index (κ3) is 3.73. The summed E-state index contributed by atoms with van der Waals surface area (Å²) in [6.45, 7) is 0. The number of fused-ring (bicyclic) bond motifs is 1. The van der Waals surface area contributed by atoms with Gasteiger partial charge in [-0.1, -0.05) is 18.2 Å². The van der Waals surface area contributed by atoms with Gasteiger partial charge < -0.3 is 15.3 Å². The van der Waals surface area contributed by atoms with Gasteiger partial charge in [0.15, 0.2) is 4.77 Å². The summed E-state index contributed by atoms with van der Waals surface area (Å²) in [6, 6.07) is 11.2. The first-order valence-electron chi connectivity index (χ1n) is 10.3. The van der Waals surface area contributed by atoms with Gasteiger partial charge in [0.1, 0.15) is 5.82 Å². The van der Waals surface area contributed by atoms with Crippen molar-refractivity contribution in [2.75, 3.05) is 5.32 Å². The van der Waals surface area contributed by atoms with Crippen LogP contribution in [-0.2, 0) is 6.18 Å². The first-order valence-corrected chi connectivity index (χ1v) is 10.7. The number of H-pyrrole nitrogens is 2. The SMILES string of the molecule is FC(F)(F)c1ccccc1Nc1[nH]c(=S)n(-c2ccc3nc[nH]c3c2)c1C1=CCCCC1. The molecule has 1 aliphatic carbocycles. The van der Waals surface area contributed by atoms with Crippen LogP contribution < -0.4 is 5.32 Å². The molecule has 0 saturated carbocycles. The van der Waals surface area contributed by atoms with E-state index in [1.807, 2.05) is 22.8 Å². The van der Waals surface area contributed by atoms with Gasteiger partial charge in [-0.3, -0.25) is 4.57 Å². The lowest BCUT2D eigenvalue weighted by Crippen LogP contribution is -2.10. The maximum absolute atomic E-state index is 13.6. The smallest absolute Gasteiger partial charge is 0.345 e. The second-order valence-electron chi connectivity index (χ2n) is 7.74. The number of nitrogens with one attached hydrogen (secondary N) is 3. The molecule has 2 aromatic carbocycles. The number of halogens is 3. The summed E-state index contributed by atoms with van der Waals surface area (Å²) in [4.78, 5) is 10.5. The molecule has 2 heterocycles. The summed E-state index contributed by atoms with van der Waals surface area (Å²) in [5.74, 6) is 0.449. The Kier molecular flexibility index (Phi) is 5.13. The largest absolute Gasteiger partial charge is 0.418 e. The van der Waals surface area contributed by atoms with Crippen LogP contribution >= 0.6 is 12.2 Å². The zero-order valence-corrected chi connectivity index (χ0v) is 17.8. The van der Waals surface area contributed by atoms with Crippen LogP contribution in [0.4, 0.5) is 24.7 Å². The standard InChI is InChI=1S/C23H20F3N5S/c24-23(25,26)16-8-4-5-9-17(16)29-21-20(14-6-2-1-3-7-14)31(22(32)30-21)15-10-11-18-19(12-15)28-13-27-18/h4-6,8-13,29H,1-3,7H2,(H,27,28)(H,30,32). The van der Waals surface area contributed by atoms with Crippen LogP contribution in [0.3, 0.4) is 0 Å². The summed E-state index contributed by atoms with van der Waals surface area (Å²) in [7, 11) is 0. The van der Waals surface area contributed by atoms with Crippen molar-refractivity contribution in [2.45, 2.75) is 31.9 Å². The predicted octanol–water partition coefficient (Wildman–Crippen LogP) is 7.13. The quantitative estimate of drug-likeness (QED) is 0.287. The number of allylic oxidation sites excluding steroid dienone is 2.